The van der Waals surface area contributed by atoms with Crippen LogP contribution >= 0.6 is 31.9 Å². The Morgan fingerprint density at radius 1 is 1.57 bits per heavy atom. The number of rotatable bonds is 3. The Morgan fingerprint density at radius 2 is 2.21 bits per heavy atom. The van der Waals surface area contributed by atoms with Crippen molar-refractivity contribution in [1.82, 2.24) is 4.98 Å². The fourth-order valence-corrected chi connectivity index (χ4v) is 1.90. The van der Waals surface area contributed by atoms with Gasteiger partial charge in [-0.15, -0.1) is 0 Å². The first-order valence-corrected chi connectivity index (χ1v) is 5.50. The van der Waals surface area contributed by atoms with Crippen molar-refractivity contribution in [2.75, 3.05) is 0 Å². The molecule has 0 spiro atoms. The molecule has 0 amide bonds. The summed E-state index contributed by atoms with van der Waals surface area (Å²) in [6.07, 6.45) is -2.27. The average Bonchev–Trinajstić information content (AvgIpc) is 2.16. The lowest BCUT2D eigenvalue weighted by atomic mass is 10.1. The van der Waals surface area contributed by atoms with Gasteiger partial charge in [0.2, 0.25) is 0 Å². The number of alkyl halides is 3. The van der Waals surface area contributed by atoms with Gasteiger partial charge in [-0.05, 0) is 22.0 Å². The van der Waals surface area contributed by atoms with Crippen LogP contribution in [0.4, 0.5) is 8.78 Å². The summed E-state index contributed by atoms with van der Waals surface area (Å²) in [6, 6.07) is 1.15. The first-order valence-electron chi connectivity index (χ1n) is 3.58. The van der Waals surface area contributed by atoms with Crippen molar-refractivity contribution in [3.05, 3.63) is 27.5 Å². The molecule has 0 aromatic carbocycles. The molecular formula is C8H5Br2F2NO. The maximum atomic E-state index is 12.5. The van der Waals surface area contributed by atoms with Gasteiger partial charge in [0.25, 0.3) is 6.43 Å². The molecule has 2 nitrogen and oxygen atoms in total. The quantitative estimate of drug-likeness (QED) is 0.483. The van der Waals surface area contributed by atoms with E-state index in [1.54, 1.807) is 0 Å². The number of carbonyl (C=O) groups excluding carboxylic acids is 1. The maximum Gasteiger partial charge on any atom is 0.264 e. The first-order chi connectivity index (χ1) is 6.60. The fraction of sp³-hybridized carbons (Fsp3) is 0.250. The Labute approximate surface area is 96.0 Å². The zero-order chi connectivity index (χ0) is 10.7. The van der Waals surface area contributed by atoms with E-state index in [0.717, 1.165) is 6.07 Å². The van der Waals surface area contributed by atoms with Crippen LogP contribution in [-0.2, 0) is 5.33 Å². The SMILES string of the molecule is O=Cc1c(C(F)F)cc(Br)nc1CBr. The molecule has 0 unspecified atom stereocenters. The molecule has 76 valence electrons. The van der Waals surface area contributed by atoms with E-state index in [2.05, 4.69) is 36.8 Å². The Kier molecular flexibility index (Phi) is 4.12. The van der Waals surface area contributed by atoms with Gasteiger partial charge in [-0.1, -0.05) is 15.9 Å². The molecule has 1 aromatic rings. The van der Waals surface area contributed by atoms with Crippen LogP contribution < -0.4 is 0 Å². The second kappa shape index (κ2) is 4.93. The molecule has 14 heavy (non-hydrogen) atoms. The summed E-state index contributed by atoms with van der Waals surface area (Å²) in [7, 11) is 0. The average molecular weight is 329 g/mol. The fourth-order valence-electron chi connectivity index (χ4n) is 1.01. The number of aldehydes is 1. The number of nitrogens with zero attached hydrogens (tertiary/aromatic N) is 1. The Bertz CT molecular complexity index is 357. The molecule has 0 radical (unpaired) electrons. The van der Waals surface area contributed by atoms with Crippen LogP contribution in [0.25, 0.3) is 0 Å². The zero-order valence-electron chi connectivity index (χ0n) is 6.81. The van der Waals surface area contributed by atoms with E-state index in [4.69, 9.17) is 0 Å². The molecule has 0 aliphatic rings. The highest BCUT2D eigenvalue weighted by Gasteiger charge is 2.17. The highest BCUT2D eigenvalue weighted by atomic mass is 79.9. The Balaban J connectivity index is 3.39. The van der Waals surface area contributed by atoms with E-state index >= 15 is 0 Å². The van der Waals surface area contributed by atoms with Crippen molar-refractivity contribution < 1.29 is 13.6 Å². The molecule has 0 saturated carbocycles. The van der Waals surface area contributed by atoms with Crippen LogP contribution in [0.1, 0.15) is 28.0 Å². The number of hydrogen-bond donors (Lipinski definition) is 0. The minimum Gasteiger partial charge on any atom is -0.298 e. The van der Waals surface area contributed by atoms with Gasteiger partial charge in [0.15, 0.2) is 6.29 Å². The van der Waals surface area contributed by atoms with E-state index in [-0.39, 0.29) is 16.5 Å². The lowest BCUT2D eigenvalue weighted by Crippen LogP contribution is -2.01. The monoisotopic (exact) mass is 327 g/mol. The molecule has 0 aliphatic heterocycles. The van der Waals surface area contributed by atoms with Gasteiger partial charge in [0.05, 0.1) is 5.69 Å². The van der Waals surface area contributed by atoms with Crippen molar-refractivity contribution in [2.24, 2.45) is 0 Å². The predicted molar refractivity (Wildman–Crippen MR) is 54.9 cm³/mol. The summed E-state index contributed by atoms with van der Waals surface area (Å²) >= 11 is 6.08. The smallest absolute Gasteiger partial charge is 0.264 e. The molecule has 0 atom stereocenters. The predicted octanol–water partition coefficient (Wildman–Crippen LogP) is 3.49. The van der Waals surface area contributed by atoms with E-state index in [9.17, 15) is 13.6 Å². The lowest BCUT2D eigenvalue weighted by Gasteiger charge is -2.07. The summed E-state index contributed by atoms with van der Waals surface area (Å²) < 4.78 is 25.3. The van der Waals surface area contributed by atoms with Crippen molar-refractivity contribution in [1.29, 1.82) is 0 Å². The van der Waals surface area contributed by atoms with E-state index in [1.807, 2.05) is 0 Å². The number of halogens is 4. The van der Waals surface area contributed by atoms with Gasteiger partial charge in [-0.3, -0.25) is 4.79 Å². The summed E-state index contributed by atoms with van der Waals surface area (Å²) in [6.45, 7) is 0. The summed E-state index contributed by atoms with van der Waals surface area (Å²) in [5.74, 6) is 0. The van der Waals surface area contributed by atoms with Crippen molar-refractivity contribution in [3.8, 4) is 0 Å². The number of pyridine rings is 1. The van der Waals surface area contributed by atoms with Crippen LogP contribution in [0.15, 0.2) is 10.7 Å². The third kappa shape index (κ3) is 2.36. The van der Waals surface area contributed by atoms with Gasteiger partial charge in [0, 0.05) is 16.5 Å². The van der Waals surface area contributed by atoms with Crippen molar-refractivity contribution >= 4 is 38.1 Å². The Hall–Kier alpha value is -0.360. The van der Waals surface area contributed by atoms with Crippen LogP contribution in [0, 0.1) is 0 Å². The first kappa shape index (κ1) is 11.7. The molecule has 0 bridgehead atoms. The molecule has 6 heteroatoms. The van der Waals surface area contributed by atoms with Crippen molar-refractivity contribution in [2.45, 2.75) is 11.8 Å². The normalized spacial score (nSPS) is 10.6. The second-order valence-electron chi connectivity index (χ2n) is 2.45. The largest absolute Gasteiger partial charge is 0.298 e. The molecule has 0 N–H and O–H groups in total. The highest BCUT2D eigenvalue weighted by Crippen LogP contribution is 2.27. The summed E-state index contributed by atoms with van der Waals surface area (Å²) in [4.78, 5) is 14.5. The topological polar surface area (TPSA) is 30.0 Å². The molecular weight excluding hydrogens is 324 g/mol. The third-order valence-electron chi connectivity index (χ3n) is 1.62. The van der Waals surface area contributed by atoms with Gasteiger partial charge < -0.3 is 0 Å². The Morgan fingerprint density at radius 3 is 2.64 bits per heavy atom. The van der Waals surface area contributed by atoms with E-state index < -0.39 is 6.43 Å². The van der Waals surface area contributed by atoms with Crippen molar-refractivity contribution in [3.63, 3.8) is 0 Å². The molecule has 0 fully saturated rings. The zero-order valence-corrected chi connectivity index (χ0v) is 9.98. The van der Waals surface area contributed by atoms with Crippen LogP contribution in [0.3, 0.4) is 0 Å². The molecule has 1 heterocycles. The minimum absolute atomic E-state index is 0.0416. The van der Waals surface area contributed by atoms with E-state index in [1.165, 1.54) is 0 Å². The molecule has 1 aromatic heterocycles. The van der Waals surface area contributed by atoms with Crippen LogP contribution in [0.2, 0.25) is 0 Å². The number of aromatic nitrogens is 1. The second-order valence-corrected chi connectivity index (χ2v) is 3.82. The summed E-state index contributed by atoms with van der Waals surface area (Å²) in [5, 5.41) is 0.264. The summed E-state index contributed by atoms with van der Waals surface area (Å²) in [5.41, 5.74) is -0.0268. The van der Waals surface area contributed by atoms with Crippen LogP contribution in [-0.4, -0.2) is 11.3 Å². The molecule has 0 aliphatic carbocycles. The number of hydrogen-bond acceptors (Lipinski definition) is 2. The minimum atomic E-state index is -2.67. The van der Waals surface area contributed by atoms with Gasteiger partial charge >= 0.3 is 0 Å². The van der Waals surface area contributed by atoms with Gasteiger partial charge in [-0.2, -0.15) is 0 Å². The standard InChI is InChI=1S/C8H5Br2F2NO/c9-2-6-5(3-14)4(8(11)12)1-7(10)13-6/h1,3,8H,2H2. The number of carbonyl (C=O) groups is 1. The van der Waals surface area contributed by atoms with E-state index in [0.29, 0.717) is 16.6 Å². The molecule has 1 rings (SSSR count). The third-order valence-corrected chi connectivity index (χ3v) is 2.56. The van der Waals surface area contributed by atoms with Gasteiger partial charge in [-0.25, -0.2) is 13.8 Å². The molecule has 0 saturated heterocycles. The van der Waals surface area contributed by atoms with Crippen LogP contribution in [0.5, 0.6) is 0 Å². The lowest BCUT2D eigenvalue weighted by molar-refractivity contribution is 0.110. The van der Waals surface area contributed by atoms with Gasteiger partial charge in [0.1, 0.15) is 4.60 Å². The maximum absolute atomic E-state index is 12.5. The highest BCUT2D eigenvalue weighted by molar-refractivity contribution is 9.10.